The molecular weight excluding hydrogens is 396 g/mol. The van der Waals surface area contributed by atoms with Gasteiger partial charge in [0.15, 0.2) is 6.10 Å². The van der Waals surface area contributed by atoms with E-state index in [1.54, 1.807) is 0 Å². The van der Waals surface area contributed by atoms with Gasteiger partial charge in [0.2, 0.25) is 5.91 Å². The van der Waals surface area contributed by atoms with Gasteiger partial charge in [0.1, 0.15) is 17.1 Å². The Morgan fingerprint density at radius 2 is 1.71 bits per heavy atom. The molecule has 7 heteroatoms. The van der Waals surface area contributed by atoms with E-state index in [1.807, 2.05) is 60.7 Å². The summed E-state index contributed by atoms with van der Waals surface area (Å²) in [6.07, 6.45) is -0.586. The van der Waals surface area contributed by atoms with Crippen molar-refractivity contribution >= 4 is 35.2 Å². The number of rotatable bonds is 5. The van der Waals surface area contributed by atoms with Crippen molar-refractivity contribution in [2.75, 3.05) is 11.6 Å². The minimum absolute atomic E-state index is 0.157. The normalized spacial score (nSPS) is 21.4. The first-order valence-corrected chi connectivity index (χ1v) is 10.5. The lowest BCUT2D eigenvalue weighted by molar-refractivity contribution is -0.153. The van der Waals surface area contributed by atoms with Crippen LogP contribution in [-0.4, -0.2) is 39.8 Å². The van der Waals surface area contributed by atoms with Crippen LogP contribution in [0.4, 0.5) is 0 Å². The molecule has 2 aliphatic heterocycles. The molecule has 0 bridgehead atoms. The van der Waals surface area contributed by atoms with Crippen molar-refractivity contribution in [1.29, 1.82) is 0 Å². The molecule has 0 aliphatic carbocycles. The maximum Gasteiger partial charge on any atom is 0.356 e. The van der Waals surface area contributed by atoms with Gasteiger partial charge in [-0.25, -0.2) is 4.79 Å². The molecule has 2 atom stereocenters. The van der Waals surface area contributed by atoms with Crippen molar-refractivity contribution in [2.24, 2.45) is 5.73 Å². The summed E-state index contributed by atoms with van der Waals surface area (Å²) < 4.78 is 5.93. The molecule has 1 amide bonds. The summed E-state index contributed by atoms with van der Waals surface area (Å²) in [5.74, 6) is -0.122. The lowest BCUT2D eigenvalue weighted by Gasteiger charge is -2.48. The van der Waals surface area contributed by atoms with Gasteiger partial charge in [-0.2, -0.15) is 0 Å². The second-order valence-electron chi connectivity index (χ2n) is 6.63. The van der Waals surface area contributed by atoms with Crippen molar-refractivity contribution in [3.63, 3.8) is 0 Å². The van der Waals surface area contributed by atoms with E-state index in [2.05, 4.69) is 0 Å². The van der Waals surface area contributed by atoms with E-state index in [1.165, 1.54) is 16.7 Å². The number of β-lactam (4-membered cyclic amide) rings is 1. The lowest BCUT2D eigenvalue weighted by Crippen LogP contribution is -2.68. The van der Waals surface area contributed by atoms with Gasteiger partial charge in [-0.1, -0.05) is 60.7 Å². The van der Waals surface area contributed by atoms with Gasteiger partial charge >= 0.3 is 5.97 Å². The molecule has 1 saturated heterocycles. The molecule has 2 heterocycles. The van der Waals surface area contributed by atoms with E-state index < -0.39 is 18.1 Å². The molecule has 1 fully saturated rings. The number of hydrogen-bond acceptors (Lipinski definition) is 5. The molecule has 0 spiro atoms. The maximum atomic E-state index is 13.2. The summed E-state index contributed by atoms with van der Waals surface area (Å²) in [6.45, 7) is 0. The molecule has 2 aromatic carbocycles. The van der Waals surface area contributed by atoms with Crippen LogP contribution in [0.5, 0.6) is 0 Å². The van der Waals surface area contributed by atoms with Crippen LogP contribution in [0.25, 0.3) is 0 Å². The molecule has 2 aliphatic rings. The van der Waals surface area contributed by atoms with Gasteiger partial charge in [-0.15, -0.1) is 23.4 Å². The van der Waals surface area contributed by atoms with Gasteiger partial charge in [-0.3, -0.25) is 9.69 Å². The van der Waals surface area contributed by atoms with Crippen molar-refractivity contribution in [1.82, 2.24) is 4.90 Å². The molecule has 0 radical (unpaired) electrons. The van der Waals surface area contributed by atoms with Crippen molar-refractivity contribution in [3.8, 4) is 0 Å². The number of alkyl halides is 1. The van der Waals surface area contributed by atoms with Gasteiger partial charge in [-0.05, 0) is 16.7 Å². The van der Waals surface area contributed by atoms with Crippen molar-refractivity contribution < 1.29 is 14.3 Å². The average molecular weight is 415 g/mol. The number of benzene rings is 2. The third kappa shape index (κ3) is 3.32. The molecule has 2 N–H and O–H groups in total. The number of nitrogens with two attached hydrogens (primary N) is 1. The number of carbonyl (C=O) groups is 2. The number of esters is 1. The highest BCUT2D eigenvalue weighted by atomic mass is 35.5. The number of nitrogens with zero attached hydrogens (tertiary/aromatic N) is 1. The number of thioether (sulfide) groups is 1. The summed E-state index contributed by atoms with van der Waals surface area (Å²) in [7, 11) is 0. The first-order valence-electron chi connectivity index (χ1n) is 8.91. The second-order valence-corrected chi connectivity index (χ2v) is 8.00. The highest BCUT2D eigenvalue weighted by Crippen LogP contribution is 2.41. The molecule has 0 aromatic heterocycles. The highest BCUT2D eigenvalue weighted by Gasteiger charge is 2.52. The number of fused-ring (bicyclic) bond motifs is 1. The zero-order valence-electron chi connectivity index (χ0n) is 15.0. The third-order valence-corrected chi connectivity index (χ3v) is 6.56. The summed E-state index contributed by atoms with van der Waals surface area (Å²) >= 11 is 7.58. The van der Waals surface area contributed by atoms with Crippen LogP contribution in [0, 0.1) is 0 Å². The summed E-state index contributed by atoms with van der Waals surface area (Å²) in [4.78, 5) is 26.9. The molecule has 4 rings (SSSR count). The monoisotopic (exact) mass is 414 g/mol. The molecule has 0 saturated carbocycles. The number of hydrogen-bond donors (Lipinski definition) is 1. The Balaban J connectivity index is 1.68. The molecule has 5 nitrogen and oxygen atoms in total. The largest absolute Gasteiger partial charge is 0.448 e. The Morgan fingerprint density at radius 1 is 1.14 bits per heavy atom. The molecule has 28 heavy (non-hydrogen) atoms. The zero-order valence-corrected chi connectivity index (χ0v) is 16.5. The fourth-order valence-electron chi connectivity index (χ4n) is 3.42. The van der Waals surface area contributed by atoms with E-state index in [0.29, 0.717) is 11.3 Å². The highest BCUT2D eigenvalue weighted by molar-refractivity contribution is 8.00. The Kier molecular flexibility index (Phi) is 5.44. The number of halogens is 1. The Morgan fingerprint density at radius 3 is 2.25 bits per heavy atom. The van der Waals surface area contributed by atoms with Crippen LogP contribution < -0.4 is 5.73 Å². The third-order valence-electron chi connectivity index (χ3n) is 4.87. The minimum Gasteiger partial charge on any atom is -0.448 e. The maximum absolute atomic E-state index is 13.2. The van der Waals surface area contributed by atoms with Gasteiger partial charge in [0, 0.05) is 11.6 Å². The van der Waals surface area contributed by atoms with Gasteiger partial charge in [0.25, 0.3) is 0 Å². The standard InChI is InChI=1S/C21H19ClN2O3S/c22-11-15-12-28-20-16(23)19(25)24(20)17(15)21(26)27-18(13-7-3-1-4-8-13)14-9-5-2-6-10-14/h1-10,16,18,20H,11-12,23H2/t16-,20+/m0/s1. The van der Waals surface area contributed by atoms with E-state index in [-0.39, 0.29) is 22.9 Å². The predicted octanol–water partition coefficient (Wildman–Crippen LogP) is 3.05. The van der Waals surface area contributed by atoms with Gasteiger partial charge in [0.05, 0.1) is 0 Å². The van der Waals surface area contributed by atoms with Crippen LogP contribution in [0.1, 0.15) is 17.2 Å². The average Bonchev–Trinajstić information content (AvgIpc) is 2.76. The zero-order chi connectivity index (χ0) is 19.7. The van der Waals surface area contributed by atoms with Crippen LogP contribution >= 0.6 is 23.4 Å². The van der Waals surface area contributed by atoms with Gasteiger partial charge < -0.3 is 10.5 Å². The Bertz CT molecular complexity index is 880. The molecular formula is C21H19ClN2O3S. The Hall–Kier alpha value is -2.28. The first kappa shape index (κ1) is 19.1. The predicted molar refractivity (Wildman–Crippen MR) is 110 cm³/mol. The SMILES string of the molecule is N[C@H]1C(=O)N2C(C(=O)OC(c3ccccc3)c3ccccc3)=C(CCl)CS[C@H]12. The van der Waals surface area contributed by atoms with E-state index in [4.69, 9.17) is 22.1 Å². The number of ether oxygens (including phenoxy) is 1. The van der Waals surface area contributed by atoms with E-state index >= 15 is 0 Å². The summed E-state index contributed by atoms with van der Waals surface area (Å²) in [5.41, 5.74) is 8.52. The van der Waals surface area contributed by atoms with Crippen LogP contribution in [-0.2, 0) is 14.3 Å². The lowest BCUT2D eigenvalue weighted by atomic mass is 10.0. The smallest absolute Gasteiger partial charge is 0.356 e. The van der Waals surface area contributed by atoms with Crippen LogP contribution in [0.15, 0.2) is 71.9 Å². The van der Waals surface area contributed by atoms with E-state index in [0.717, 1.165) is 11.1 Å². The number of amides is 1. The summed E-state index contributed by atoms with van der Waals surface area (Å²) in [5, 5.41) is -0.242. The fraction of sp³-hybridized carbons (Fsp3) is 0.238. The summed E-state index contributed by atoms with van der Waals surface area (Å²) in [6, 6.07) is 18.4. The number of carbonyl (C=O) groups excluding carboxylic acids is 2. The van der Waals surface area contributed by atoms with Crippen molar-refractivity contribution in [2.45, 2.75) is 17.5 Å². The topological polar surface area (TPSA) is 72.6 Å². The Labute approximate surface area is 172 Å². The van der Waals surface area contributed by atoms with Crippen LogP contribution in [0.3, 0.4) is 0 Å². The van der Waals surface area contributed by atoms with E-state index in [9.17, 15) is 9.59 Å². The fourth-order valence-corrected chi connectivity index (χ4v) is 5.04. The van der Waals surface area contributed by atoms with Crippen LogP contribution in [0.2, 0.25) is 0 Å². The molecule has 0 unspecified atom stereocenters. The first-order chi connectivity index (χ1) is 13.6. The molecule has 2 aromatic rings. The second kappa shape index (κ2) is 7.99. The minimum atomic E-state index is -0.594. The van der Waals surface area contributed by atoms with Crippen molar-refractivity contribution in [3.05, 3.63) is 83.1 Å². The molecule has 144 valence electrons. The quantitative estimate of drug-likeness (QED) is 0.462.